The molecule has 6 nitrogen and oxygen atoms in total. The number of esters is 1. The fraction of sp³-hybridized carbons (Fsp3) is 0.125. The Balaban J connectivity index is 1.41. The zero-order valence-corrected chi connectivity index (χ0v) is 16.2. The van der Waals surface area contributed by atoms with Crippen LogP contribution >= 0.6 is 0 Å². The van der Waals surface area contributed by atoms with Gasteiger partial charge in [0.05, 0.1) is 23.6 Å². The summed E-state index contributed by atoms with van der Waals surface area (Å²) in [6, 6.07) is 18.9. The summed E-state index contributed by atoms with van der Waals surface area (Å²) in [6.07, 6.45) is 0.965. The van der Waals surface area contributed by atoms with Crippen LogP contribution in [0.15, 0.2) is 76.1 Å². The minimum Gasteiger partial charge on any atom is -0.464 e. The Morgan fingerprint density at radius 1 is 1.07 bits per heavy atom. The van der Waals surface area contributed by atoms with E-state index < -0.39 is 12.1 Å². The summed E-state index contributed by atoms with van der Waals surface area (Å²) in [4.78, 5) is 32.0. The number of carbonyl (C=O) groups excluding carboxylic acids is 1. The number of hydrogen-bond donors (Lipinski definition) is 1. The molecule has 0 fully saturated rings. The molecule has 148 valence electrons. The lowest BCUT2D eigenvalue weighted by Crippen LogP contribution is -2.18. The standard InChI is InChI=1S/C24H18N2O4/c1-14(23-25-19-9-5-4-8-18(19)24(28)26-23)30-21(27)12-16-13-29-20-11-10-15-6-2-3-7-17(15)22(16)20/h2-11,13-14H,12H2,1H3,(H,25,26,28)/t14-/m1/s1. The number of carbonyl (C=O) groups is 1. The van der Waals surface area contributed by atoms with Crippen LogP contribution in [-0.4, -0.2) is 15.9 Å². The molecule has 2 aromatic heterocycles. The van der Waals surface area contributed by atoms with Crippen molar-refractivity contribution < 1.29 is 13.9 Å². The van der Waals surface area contributed by atoms with Gasteiger partial charge in [-0.25, -0.2) is 4.98 Å². The van der Waals surface area contributed by atoms with Gasteiger partial charge in [0, 0.05) is 10.9 Å². The maximum absolute atomic E-state index is 12.6. The predicted molar refractivity (Wildman–Crippen MR) is 114 cm³/mol. The minimum atomic E-state index is -0.690. The number of benzene rings is 3. The Labute approximate surface area is 171 Å². The van der Waals surface area contributed by atoms with Crippen LogP contribution in [0.4, 0.5) is 0 Å². The van der Waals surface area contributed by atoms with Crippen molar-refractivity contribution in [2.45, 2.75) is 19.4 Å². The highest BCUT2D eigenvalue weighted by Gasteiger charge is 2.18. The maximum Gasteiger partial charge on any atom is 0.311 e. The van der Waals surface area contributed by atoms with Crippen molar-refractivity contribution in [3.8, 4) is 0 Å². The highest BCUT2D eigenvalue weighted by molar-refractivity contribution is 6.08. The van der Waals surface area contributed by atoms with Crippen molar-refractivity contribution in [3.05, 3.63) is 88.7 Å². The van der Waals surface area contributed by atoms with Crippen LogP contribution in [0, 0.1) is 0 Å². The van der Waals surface area contributed by atoms with Crippen LogP contribution in [0.2, 0.25) is 0 Å². The summed E-state index contributed by atoms with van der Waals surface area (Å²) in [5.74, 6) is -0.108. The minimum absolute atomic E-state index is 0.0587. The van der Waals surface area contributed by atoms with Gasteiger partial charge >= 0.3 is 5.97 Å². The SMILES string of the molecule is C[C@@H](OC(=O)Cc1coc2ccc3ccccc3c12)c1nc2ccccc2c(=O)[nH]1. The second-order valence-electron chi connectivity index (χ2n) is 7.20. The van der Waals surface area contributed by atoms with Crippen molar-refractivity contribution in [2.75, 3.05) is 0 Å². The van der Waals surface area contributed by atoms with Gasteiger partial charge in [-0.05, 0) is 35.9 Å². The van der Waals surface area contributed by atoms with E-state index >= 15 is 0 Å². The second kappa shape index (κ2) is 7.15. The molecule has 5 aromatic rings. The summed E-state index contributed by atoms with van der Waals surface area (Å²) in [7, 11) is 0. The second-order valence-corrected chi connectivity index (χ2v) is 7.20. The number of para-hydroxylation sites is 1. The van der Waals surface area contributed by atoms with Crippen molar-refractivity contribution in [1.82, 2.24) is 9.97 Å². The van der Waals surface area contributed by atoms with Crippen molar-refractivity contribution in [1.29, 1.82) is 0 Å². The first kappa shape index (κ1) is 18.1. The quantitative estimate of drug-likeness (QED) is 0.445. The van der Waals surface area contributed by atoms with E-state index in [4.69, 9.17) is 9.15 Å². The fourth-order valence-electron chi connectivity index (χ4n) is 3.75. The molecule has 0 saturated heterocycles. The van der Waals surface area contributed by atoms with E-state index in [2.05, 4.69) is 9.97 Å². The van der Waals surface area contributed by atoms with Gasteiger partial charge in [-0.15, -0.1) is 0 Å². The van der Waals surface area contributed by atoms with Gasteiger partial charge < -0.3 is 14.1 Å². The first-order chi connectivity index (χ1) is 14.6. The molecular weight excluding hydrogens is 380 g/mol. The first-order valence-electron chi connectivity index (χ1n) is 9.66. The molecule has 0 saturated carbocycles. The molecule has 1 atom stereocenters. The van der Waals surface area contributed by atoms with Crippen molar-refractivity contribution >= 4 is 38.6 Å². The van der Waals surface area contributed by atoms with E-state index in [0.29, 0.717) is 16.7 Å². The summed E-state index contributed by atoms with van der Waals surface area (Å²) >= 11 is 0. The van der Waals surface area contributed by atoms with Crippen LogP contribution in [-0.2, 0) is 16.0 Å². The number of nitrogens with zero attached hydrogens (tertiary/aromatic N) is 1. The molecule has 6 heteroatoms. The van der Waals surface area contributed by atoms with E-state index in [9.17, 15) is 9.59 Å². The van der Waals surface area contributed by atoms with Gasteiger partial charge in [-0.1, -0.05) is 42.5 Å². The van der Waals surface area contributed by atoms with Gasteiger partial charge in [-0.2, -0.15) is 0 Å². The van der Waals surface area contributed by atoms with Crippen LogP contribution in [0.1, 0.15) is 24.4 Å². The number of rotatable bonds is 4. The Kier molecular flexibility index (Phi) is 4.32. The molecule has 1 N–H and O–H groups in total. The Bertz CT molecular complexity index is 1460. The highest BCUT2D eigenvalue weighted by Crippen LogP contribution is 2.30. The molecule has 0 radical (unpaired) electrons. The molecule has 0 aliphatic heterocycles. The number of aromatic amines is 1. The largest absolute Gasteiger partial charge is 0.464 e. The molecular formula is C24H18N2O4. The zero-order chi connectivity index (χ0) is 20.7. The third-order valence-electron chi connectivity index (χ3n) is 5.20. The normalized spacial score (nSPS) is 12.4. The average molecular weight is 398 g/mol. The van der Waals surface area contributed by atoms with Gasteiger partial charge in [0.15, 0.2) is 11.9 Å². The van der Waals surface area contributed by atoms with E-state index in [1.165, 1.54) is 0 Å². The summed E-state index contributed by atoms with van der Waals surface area (Å²) in [6.45, 7) is 1.69. The maximum atomic E-state index is 12.6. The number of nitrogens with one attached hydrogen (secondary N) is 1. The summed E-state index contributed by atoms with van der Waals surface area (Å²) in [5, 5.41) is 3.51. The molecule has 5 rings (SSSR count). The molecule has 0 unspecified atom stereocenters. The summed E-state index contributed by atoms with van der Waals surface area (Å²) < 4.78 is 11.2. The first-order valence-corrected chi connectivity index (χ1v) is 9.66. The Hall–Kier alpha value is -3.93. The summed E-state index contributed by atoms with van der Waals surface area (Å²) in [5.41, 5.74) is 1.79. The monoisotopic (exact) mass is 398 g/mol. The highest BCUT2D eigenvalue weighted by atomic mass is 16.5. The van der Waals surface area contributed by atoms with E-state index in [1.807, 2.05) is 42.5 Å². The molecule has 30 heavy (non-hydrogen) atoms. The fourth-order valence-corrected chi connectivity index (χ4v) is 3.75. The van der Waals surface area contributed by atoms with Crippen LogP contribution < -0.4 is 5.56 Å². The lowest BCUT2D eigenvalue weighted by Gasteiger charge is -2.13. The van der Waals surface area contributed by atoms with E-state index in [-0.39, 0.29) is 12.0 Å². The van der Waals surface area contributed by atoms with Crippen LogP contribution in [0.3, 0.4) is 0 Å². The number of furan rings is 1. The molecule has 0 bridgehead atoms. The smallest absolute Gasteiger partial charge is 0.311 e. The number of ether oxygens (including phenoxy) is 1. The third-order valence-corrected chi connectivity index (χ3v) is 5.20. The van der Waals surface area contributed by atoms with Crippen LogP contribution in [0.25, 0.3) is 32.6 Å². The third kappa shape index (κ3) is 3.12. The van der Waals surface area contributed by atoms with E-state index in [0.717, 1.165) is 27.3 Å². The van der Waals surface area contributed by atoms with Gasteiger partial charge in [0.25, 0.3) is 5.56 Å². The number of hydrogen-bond acceptors (Lipinski definition) is 5. The lowest BCUT2D eigenvalue weighted by molar-refractivity contribution is -0.148. The topological polar surface area (TPSA) is 85.2 Å². The number of fused-ring (bicyclic) bond motifs is 4. The van der Waals surface area contributed by atoms with Gasteiger partial charge in [-0.3, -0.25) is 9.59 Å². The predicted octanol–water partition coefficient (Wildman–Crippen LogP) is 4.67. The van der Waals surface area contributed by atoms with Gasteiger partial charge in [0.2, 0.25) is 0 Å². The Morgan fingerprint density at radius 2 is 1.83 bits per heavy atom. The number of aromatic nitrogens is 2. The van der Waals surface area contributed by atoms with E-state index in [1.54, 1.807) is 31.4 Å². The lowest BCUT2D eigenvalue weighted by atomic mass is 10.0. The molecule has 0 aliphatic rings. The zero-order valence-electron chi connectivity index (χ0n) is 16.2. The van der Waals surface area contributed by atoms with Crippen LogP contribution in [0.5, 0.6) is 0 Å². The van der Waals surface area contributed by atoms with Crippen molar-refractivity contribution in [2.24, 2.45) is 0 Å². The number of H-pyrrole nitrogens is 1. The molecule has 3 aromatic carbocycles. The average Bonchev–Trinajstić information content (AvgIpc) is 3.16. The molecule has 0 aliphatic carbocycles. The molecule has 2 heterocycles. The molecule has 0 amide bonds. The Morgan fingerprint density at radius 3 is 2.70 bits per heavy atom. The molecule has 0 spiro atoms. The van der Waals surface area contributed by atoms with Gasteiger partial charge in [0.1, 0.15) is 5.58 Å². The van der Waals surface area contributed by atoms with Crippen molar-refractivity contribution in [3.63, 3.8) is 0 Å².